The fraction of sp³-hybridized carbons (Fsp3) is 0.273. The Balaban J connectivity index is 2.00. The molecule has 0 aromatic heterocycles. The number of urea groups is 1. The number of hydrogen-bond acceptors (Lipinski definition) is 4. The maximum Gasteiger partial charge on any atom is 0.338 e. The number of allylic oxidation sites excluding steroid dienone is 1. The number of ether oxygens (including phenoxy) is 2. The van der Waals surface area contributed by atoms with Gasteiger partial charge in [0.2, 0.25) is 0 Å². The molecule has 0 spiro atoms. The Hall–Kier alpha value is -2.83. The Morgan fingerprint density at radius 3 is 2.48 bits per heavy atom. The van der Waals surface area contributed by atoms with Gasteiger partial charge >= 0.3 is 12.0 Å². The number of amides is 2. The molecule has 2 aromatic rings. The third-order valence-electron chi connectivity index (χ3n) is 4.74. The van der Waals surface area contributed by atoms with Crippen LogP contribution >= 0.6 is 11.6 Å². The quantitative estimate of drug-likeness (QED) is 0.547. The van der Waals surface area contributed by atoms with Gasteiger partial charge in [-0.2, -0.15) is 0 Å². The van der Waals surface area contributed by atoms with Crippen molar-refractivity contribution in [3.05, 3.63) is 82.0 Å². The highest BCUT2D eigenvalue weighted by atomic mass is 35.5. The zero-order chi connectivity index (χ0) is 20.8. The van der Waals surface area contributed by atoms with Crippen LogP contribution < -0.4 is 5.32 Å². The van der Waals surface area contributed by atoms with E-state index in [-0.39, 0.29) is 19.2 Å². The van der Waals surface area contributed by atoms with Crippen molar-refractivity contribution in [3.63, 3.8) is 0 Å². The molecule has 29 heavy (non-hydrogen) atoms. The number of hydrogen-bond donors (Lipinski definition) is 1. The normalized spacial score (nSPS) is 16.6. The van der Waals surface area contributed by atoms with Gasteiger partial charge in [0.25, 0.3) is 0 Å². The number of nitrogens with zero attached hydrogens (tertiary/aromatic N) is 1. The SMILES string of the molecule is COCCOC(=O)C1=C(C)N(Cc2ccccc2)C(=O)N[C@@H]1c1ccccc1Cl. The van der Waals surface area contributed by atoms with E-state index in [1.165, 1.54) is 12.0 Å². The first kappa shape index (κ1) is 20.9. The summed E-state index contributed by atoms with van der Waals surface area (Å²) in [6.45, 7) is 2.49. The van der Waals surface area contributed by atoms with Gasteiger partial charge in [0, 0.05) is 17.8 Å². The minimum atomic E-state index is -0.696. The van der Waals surface area contributed by atoms with Crippen LogP contribution in [0.25, 0.3) is 0 Å². The van der Waals surface area contributed by atoms with Gasteiger partial charge < -0.3 is 14.8 Å². The van der Waals surface area contributed by atoms with Crippen LogP contribution in [0, 0.1) is 0 Å². The average Bonchev–Trinajstić information content (AvgIpc) is 2.72. The topological polar surface area (TPSA) is 67.9 Å². The number of nitrogens with one attached hydrogen (secondary N) is 1. The van der Waals surface area contributed by atoms with E-state index in [9.17, 15) is 9.59 Å². The number of carbonyl (C=O) groups is 2. The molecule has 3 rings (SSSR count). The van der Waals surface area contributed by atoms with Crippen LogP contribution in [0.2, 0.25) is 5.02 Å². The van der Waals surface area contributed by atoms with E-state index in [1.807, 2.05) is 36.4 Å². The molecule has 2 aromatic carbocycles. The number of esters is 1. The van der Waals surface area contributed by atoms with Crippen LogP contribution in [-0.2, 0) is 20.8 Å². The maximum absolute atomic E-state index is 12.9. The van der Waals surface area contributed by atoms with E-state index in [0.29, 0.717) is 28.4 Å². The van der Waals surface area contributed by atoms with Crippen molar-refractivity contribution in [2.24, 2.45) is 0 Å². The van der Waals surface area contributed by atoms with Crippen molar-refractivity contribution >= 4 is 23.6 Å². The minimum Gasteiger partial charge on any atom is -0.460 e. The molecule has 1 aliphatic rings. The molecule has 1 heterocycles. The standard InChI is InChI=1S/C22H23ClN2O4/c1-15-19(21(26)29-13-12-28-2)20(17-10-6-7-11-18(17)23)24-22(27)25(15)14-16-8-4-3-5-9-16/h3-11,20H,12-14H2,1-2H3,(H,24,27)/t20-/m1/s1. The van der Waals surface area contributed by atoms with E-state index in [4.69, 9.17) is 21.1 Å². The predicted molar refractivity (Wildman–Crippen MR) is 110 cm³/mol. The molecule has 0 saturated heterocycles. The van der Waals surface area contributed by atoms with Crippen molar-refractivity contribution < 1.29 is 19.1 Å². The minimum absolute atomic E-state index is 0.119. The number of halogens is 1. The lowest BCUT2D eigenvalue weighted by atomic mass is 9.94. The second-order valence-electron chi connectivity index (χ2n) is 6.60. The molecule has 0 bridgehead atoms. The Bertz CT molecular complexity index is 914. The maximum atomic E-state index is 12.9. The summed E-state index contributed by atoms with van der Waals surface area (Å²) in [6.07, 6.45) is 0. The van der Waals surface area contributed by atoms with Crippen LogP contribution in [-0.4, -0.2) is 37.2 Å². The zero-order valence-electron chi connectivity index (χ0n) is 16.4. The summed E-state index contributed by atoms with van der Waals surface area (Å²) in [5.41, 5.74) is 2.47. The molecule has 1 atom stereocenters. The smallest absolute Gasteiger partial charge is 0.338 e. The van der Waals surface area contributed by atoms with Crippen molar-refractivity contribution in [1.82, 2.24) is 10.2 Å². The Morgan fingerprint density at radius 1 is 1.10 bits per heavy atom. The summed E-state index contributed by atoms with van der Waals surface area (Å²) in [4.78, 5) is 27.4. The molecular weight excluding hydrogens is 392 g/mol. The zero-order valence-corrected chi connectivity index (χ0v) is 17.1. The Labute approximate surface area is 175 Å². The van der Waals surface area contributed by atoms with Gasteiger partial charge in [0.15, 0.2) is 0 Å². The number of carbonyl (C=O) groups excluding carboxylic acids is 2. The first-order chi connectivity index (χ1) is 14.0. The monoisotopic (exact) mass is 414 g/mol. The van der Waals surface area contributed by atoms with E-state index >= 15 is 0 Å². The van der Waals surface area contributed by atoms with Crippen molar-refractivity contribution in [3.8, 4) is 0 Å². The van der Waals surface area contributed by atoms with Crippen LogP contribution in [0.15, 0.2) is 65.9 Å². The van der Waals surface area contributed by atoms with E-state index < -0.39 is 12.0 Å². The summed E-state index contributed by atoms with van der Waals surface area (Å²) in [5, 5.41) is 3.37. The lowest BCUT2D eigenvalue weighted by molar-refractivity contribution is -0.140. The summed E-state index contributed by atoms with van der Waals surface area (Å²) in [7, 11) is 1.54. The lowest BCUT2D eigenvalue weighted by Crippen LogP contribution is -2.47. The van der Waals surface area contributed by atoms with Crippen molar-refractivity contribution in [2.75, 3.05) is 20.3 Å². The van der Waals surface area contributed by atoms with Gasteiger partial charge in [-0.05, 0) is 24.1 Å². The van der Waals surface area contributed by atoms with Crippen molar-refractivity contribution in [2.45, 2.75) is 19.5 Å². The second-order valence-corrected chi connectivity index (χ2v) is 7.01. The summed E-state index contributed by atoms with van der Waals surface area (Å²) < 4.78 is 10.3. The third kappa shape index (κ3) is 4.78. The molecule has 0 fully saturated rings. The van der Waals surface area contributed by atoms with E-state index in [2.05, 4.69) is 5.32 Å². The molecule has 0 unspecified atom stereocenters. The van der Waals surface area contributed by atoms with Crippen molar-refractivity contribution in [1.29, 1.82) is 0 Å². The van der Waals surface area contributed by atoms with Gasteiger partial charge in [-0.15, -0.1) is 0 Å². The van der Waals surface area contributed by atoms with Gasteiger partial charge in [-0.3, -0.25) is 4.90 Å². The van der Waals surface area contributed by atoms with Crippen LogP contribution in [0.4, 0.5) is 4.79 Å². The van der Waals surface area contributed by atoms with Crippen LogP contribution in [0.1, 0.15) is 24.1 Å². The van der Waals surface area contributed by atoms with Crippen LogP contribution in [0.3, 0.4) is 0 Å². The predicted octanol–water partition coefficient (Wildman–Crippen LogP) is 4.07. The lowest BCUT2D eigenvalue weighted by Gasteiger charge is -2.35. The highest BCUT2D eigenvalue weighted by Crippen LogP contribution is 2.35. The molecule has 0 radical (unpaired) electrons. The number of rotatable bonds is 7. The van der Waals surface area contributed by atoms with Gasteiger partial charge in [-0.1, -0.05) is 60.1 Å². The second kappa shape index (κ2) is 9.58. The van der Waals surface area contributed by atoms with Gasteiger partial charge in [0.05, 0.1) is 24.8 Å². The molecular formula is C22H23ClN2O4. The average molecular weight is 415 g/mol. The third-order valence-corrected chi connectivity index (χ3v) is 5.08. The summed E-state index contributed by atoms with van der Waals surface area (Å²) in [5.74, 6) is -0.512. The summed E-state index contributed by atoms with van der Waals surface area (Å²) in [6, 6.07) is 15.7. The summed E-state index contributed by atoms with van der Waals surface area (Å²) >= 11 is 6.36. The highest BCUT2D eigenvalue weighted by Gasteiger charge is 2.37. The Kier molecular flexibility index (Phi) is 6.90. The molecule has 1 N–H and O–H groups in total. The van der Waals surface area contributed by atoms with E-state index in [1.54, 1.807) is 25.1 Å². The van der Waals surface area contributed by atoms with Crippen LogP contribution in [0.5, 0.6) is 0 Å². The molecule has 0 aliphatic carbocycles. The molecule has 6 nitrogen and oxygen atoms in total. The first-order valence-corrected chi connectivity index (χ1v) is 9.64. The number of methoxy groups -OCH3 is 1. The molecule has 0 saturated carbocycles. The first-order valence-electron chi connectivity index (χ1n) is 9.26. The van der Waals surface area contributed by atoms with E-state index in [0.717, 1.165) is 5.56 Å². The highest BCUT2D eigenvalue weighted by molar-refractivity contribution is 6.31. The number of benzene rings is 2. The molecule has 7 heteroatoms. The fourth-order valence-electron chi connectivity index (χ4n) is 3.24. The van der Waals surface area contributed by atoms with Gasteiger partial charge in [0.1, 0.15) is 6.61 Å². The molecule has 152 valence electrons. The fourth-order valence-corrected chi connectivity index (χ4v) is 3.48. The van der Waals surface area contributed by atoms with Gasteiger partial charge in [-0.25, -0.2) is 9.59 Å². The Morgan fingerprint density at radius 2 is 1.79 bits per heavy atom. The molecule has 1 aliphatic heterocycles. The molecule has 2 amide bonds. The largest absolute Gasteiger partial charge is 0.460 e.